The van der Waals surface area contributed by atoms with Gasteiger partial charge in [0.1, 0.15) is 0 Å². The first-order valence-corrected chi connectivity index (χ1v) is 9.59. The molecule has 150 valence electrons. The van der Waals surface area contributed by atoms with Crippen LogP contribution in [0.15, 0.2) is 48.5 Å². The zero-order valence-corrected chi connectivity index (χ0v) is 17.5. The van der Waals surface area contributed by atoms with Crippen molar-refractivity contribution in [2.75, 3.05) is 20.6 Å². The first kappa shape index (κ1) is 21.6. The highest BCUT2D eigenvalue weighted by atomic mass is 16.2. The monoisotopic (exact) mass is 381 g/mol. The van der Waals surface area contributed by atoms with Crippen LogP contribution < -0.4 is 10.6 Å². The van der Waals surface area contributed by atoms with Crippen LogP contribution in [0.4, 0.5) is 0 Å². The fourth-order valence-corrected chi connectivity index (χ4v) is 3.15. The summed E-state index contributed by atoms with van der Waals surface area (Å²) in [6.45, 7) is 6.05. The van der Waals surface area contributed by atoms with Crippen LogP contribution in [0.1, 0.15) is 47.7 Å². The summed E-state index contributed by atoms with van der Waals surface area (Å²) < 4.78 is 0. The smallest absolute Gasteiger partial charge is 0.222 e. The standard InChI is InChI=1S/C23H31N3O2/c1-16-6-10-19(11-7-16)21(25-18(3)27)14-23(28)24-15-22(26(4)5)20-12-8-17(2)9-13-20/h6-13,21-22H,14-15H2,1-5H3,(H,24,28)(H,25,27). The Bertz CT molecular complexity index is 782. The summed E-state index contributed by atoms with van der Waals surface area (Å²) >= 11 is 0. The molecule has 0 aliphatic rings. The maximum Gasteiger partial charge on any atom is 0.222 e. The summed E-state index contributed by atoms with van der Waals surface area (Å²) in [7, 11) is 4.01. The van der Waals surface area contributed by atoms with Crippen LogP contribution in [0.25, 0.3) is 0 Å². The van der Waals surface area contributed by atoms with Crippen molar-refractivity contribution in [2.45, 2.75) is 39.3 Å². The number of hydrogen-bond donors (Lipinski definition) is 2. The second-order valence-electron chi connectivity index (χ2n) is 7.56. The first-order valence-electron chi connectivity index (χ1n) is 9.59. The second-order valence-corrected chi connectivity index (χ2v) is 7.56. The van der Waals surface area contributed by atoms with E-state index < -0.39 is 0 Å². The number of rotatable bonds is 8. The Labute approximate surface area is 168 Å². The quantitative estimate of drug-likeness (QED) is 0.738. The molecule has 2 rings (SSSR count). The minimum atomic E-state index is -0.338. The molecule has 2 amide bonds. The summed E-state index contributed by atoms with van der Waals surface area (Å²) in [6, 6.07) is 16.0. The third-order valence-electron chi connectivity index (χ3n) is 4.82. The van der Waals surface area contributed by atoms with E-state index >= 15 is 0 Å². The number of likely N-dealkylation sites (N-methyl/N-ethyl adjacent to an activating group) is 1. The minimum Gasteiger partial charge on any atom is -0.354 e. The highest BCUT2D eigenvalue weighted by molar-refractivity contribution is 5.79. The molecule has 2 unspecified atom stereocenters. The molecular formula is C23H31N3O2. The average Bonchev–Trinajstić information content (AvgIpc) is 2.63. The van der Waals surface area contributed by atoms with Gasteiger partial charge in [0.25, 0.3) is 0 Å². The molecule has 0 heterocycles. The fourth-order valence-electron chi connectivity index (χ4n) is 3.15. The lowest BCUT2D eigenvalue weighted by molar-refractivity contribution is -0.123. The maximum absolute atomic E-state index is 12.6. The van der Waals surface area contributed by atoms with Crippen LogP contribution in [0.3, 0.4) is 0 Å². The largest absolute Gasteiger partial charge is 0.354 e. The summed E-state index contributed by atoms with van der Waals surface area (Å²) in [5.41, 5.74) is 4.44. The Morgan fingerprint density at radius 2 is 1.39 bits per heavy atom. The maximum atomic E-state index is 12.6. The molecule has 5 nitrogen and oxygen atoms in total. The van der Waals surface area contributed by atoms with Gasteiger partial charge in [-0.3, -0.25) is 9.59 Å². The summed E-state index contributed by atoms with van der Waals surface area (Å²) in [6.07, 6.45) is 0.205. The van der Waals surface area contributed by atoms with Gasteiger partial charge in [-0.2, -0.15) is 0 Å². The molecule has 2 N–H and O–H groups in total. The average molecular weight is 382 g/mol. The molecule has 0 bridgehead atoms. The van der Waals surface area contributed by atoms with Gasteiger partial charge in [-0.05, 0) is 39.1 Å². The summed E-state index contributed by atoms with van der Waals surface area (Å²) in [5, 5.41) is 5.91. The molecule has 0 fully saturated rings. The van der Waals surface area contributed by atoms with E-state index in [1.165, 1.54) is 12.5 Å². The number of hydrogen-bond acceptors (Lipinski definition) is 3. The Balaban J connectivity index is 2.03. The van der Waals surface area contributed by atoms with Gasteiger partial charge in [0.15, 0.2) is 0 Å². The van der Waals surface area contributed by atoms with Crippen LogP contribution >= 0.6 is 0 Å². The van der Waals surface area contributed by atoms with E-state index in [-0.39, 0.29) is 30.3 Å². The normalized spacial score (nSPS) is 13.1. The number of carbonyl (C=O) groups is 2. The Hall–Kier alpha value is -2.66. The molecule has 5 heteroatoms. The van der Waals surface area contributed by atoms with E-state index in [2.05, 4.69) is 46.7 Å². The zero-order chi connectivity index (χ0) is 20.7. The first-order chi connectivity index (χ1) is 13.3. The molecule has 2 aromatic carbocycles. The van der Waals surface area contributed by atoms with Gasteiger partial charge < -0.3 is 15.5 Å². The number of aryl methyl sites for hydroxylation is 2. The molecule has 2 aromatic rings. The third-order valence-corrected chi connectivity index (χ3v) is 4.82. The van der Waals surface area contributed by atoms with Crippen LogP contribution in [0.2, 0.25) is 0 Å². The number of nitrogens with one attached hydrogen (secondary N) is 2. The van der Waals surface area contributed by atoms with Crippen LogP contribution in [0.5, 0.6) is 0 Å². The lowest BCUT2D eigenvalue weighted by Crippen LogP contribution is -2.37. The van der Waals surface area contributed by atoms with Crippen molar-refractivity contribution in [1.29, 1.82) is 0 Å². The molecule has 0 spiro atoms. The highest BCUT2D eigenvalue weighted by Crippen LogP contribution is 2.20. The van der Waals surface area contributed by atoms with Gasteiger partial charge in [-0.15, -0.1) is 0 Å². The van der Waals surface area contributed by atoms with Gasteiger partial charge in [-0.25, -0.2) is 0 Å². The van der Waals surface area contributed by atoms with E-state index in [1.54, 1.807) is 0 Å². The highest BCUT2D eigenvalue weighted by Gasteiger charge is 2.19. The van der Waals surface area contributed by atoms with Crippen LogP contribution in [0, 0.1) is 13.8 Å². The van der Waals surface area contributed by atoms with Crippen molar-refractivity contribution in [1.82, 2.24) is 15.5 Å². The number of nitrogens with zero attached hydrogens (tertiary/aromatic N) is 1. The molecule has 0 aliphatic carbocycles. The number of benzene rings is 2. The lowest BCUT2D eigenvalue weighted by atomic mass is 10.0. The topological polar surface area (TPSA) is 61.4 Å². The van der Waals surface area contributed by atoms with Gasteiger partial charge in [0, 0.05) is 13.5 Å². The van der Waals surface area contributed by atoms with Gasteiger partial charge in [-0.1, -0.05) is 59.7 Å². The summed E-state index contributed by atoms with van der Waals surface area (Å²) in [4.78, 5) is 26.3. The third kappa shape index (κ3) is 6.50. The minimum absolute atomic E-state index is 0.0849. The molecule has 0 aromatic heterocycles. The Morgan fingerprint density at radius 1 is 0.893 bits per heavy atom. The van der Waals surface area contributed by atoms with Crippen molar-refractivity contribution in [3.63, 3.8) is 0 Å². The molecule has 2 atom stereocenters. The van der Waals surface area contributed by atoms with E-state index in [9.17, 15) is 9.59 Å². The van der Waals surface area contributed by atoms with Gasteiger partial charge >= 0.3 is 0 Å². The molecule has 28 heavy (non-hydrogen) atoms. The van der Waals surface area contributed by atoms with Gasteiger partial charge in [0.2, 0.25) is 11.8 Å². The molecular weight excluding hydrogens is 350 g/mol. The van der Waals surface area contributed by atoms with E-state index in [1.807, 2.05) is 45.3 Å². The Morgan fingerprint density at radius 3 is 1.86 bits per heavy atom. The van der Waals surface area contributed by atoms with E-state index in [4.69, 9.17) is 0 Å². The van der Waals surface area contributed by atoms with E-state index in [0.717, 1.165) is 16.7 Å². The predicted molar refractivity (Wildman–Crippen MR) is 113 cm³/mol. The number of carbonyl (C=O) groups excluding carboxylic acids is 2. The Kier molecular flexibility index (Phi) is 7.76. The SMILES string of the molecule is CC(=O)NC(CC(=O)NCC(c1ccc(C)cc1)N(C)C)c1ccc(C)cc1. The molecule has 0 aliphatic heterocycles. The van der Waals surface area contributed by atoms with Crippen molar-refractivity contribution in [3.05, 3.63) is 70.8 Å². The molecule has 0 saturated heterocycles. The van der Waals surface area contributed by atoms with Gasteiger partial charge in [0.05, 0.1) is 18.5 Å². The van der Waals surface area contributed by atoms with Crippen LogP contribution in [-0.4, -0.2) is 37.4 Å². The van der Waals surface area contributed by atoms with Crippen molar-refractivity contribution in [3.8, 4) is 0 Å². The van der Waals surface area contributed by atoms with Crippen molar-refractivity contribution >= 4 is 11.8 Å². The van der Waals surface area contributed by atoms with Crippen LogP contribution in [-0.2, 0) is 9.59 Å². The molecule has 0 saturated carbocycles. The predicted octanol–water partition coefficient (Wildman–Crippen LogP) is 3.29. The van der Waals surface area contributed by atoms with E-state index in [0.29, 0.717) is 6.54 Å². The second kappa shape index (κ2) is 10.0. The fraction of sp³-hybridized carbons (Fsp3) is 0.391. The zero-order valence-electron chi connectivity index (χ0n) is 17.5. The van der Waals surface area contributed by atoms with Crippen molar-refractivity contribution in [2.24, 2.45) is 0 Å². The van der Waals surface area contributed by atoms with Crippen molar-refractivity contribution < 1.29 is 9.59 Å². The summed E-state index contributed by atoms with van der Waals surface area (Å²) in [5.74, 6) is -0.234. The number of amides is 2. The lowest BCUT2D eigenvalue weighted by Gasteiger charge is -2.26. The molecule has 0 radical (unpaired) electrons.